The summed E-state index contributed by atoms with van der Waals surface area (Å²) in [4.78, 5) is 27.3. The molecule has 3 aromatic heterocycles. The van der Waals surface area contributed by atoms with E-state index in [1.54, 1.807) is 0 Å². The van der Waals surface area contributed by atoms with Crippen LogP contribution in [0.1, 0.15) is 16.1 Å². The fraction of sp³-hybridized carbons (Fsp3) is 0.0500. The monoisotopic (exact) mass is 474 g/mol. The summed E-state index contributed by atoms with van der Waals surface area (Å²) < 4.78 is 47.4. The second-order valence-electron chi connectivity index (χ2n) is 6.91. The van der Waals surface area contributed by atoms with Crippen LogP contribution in [0.5, 0.6) is 0 Å². The van der Waals surface area contributed by atoms with Gasteiger partial charge in [0.15, 0.2) is 11.2 Å². The first-order chi connectivity index (χ1) is 15.7. The Balaban J connectivity index is 1.62. The molecule has 2 N–H and O–H groups in total. The minimum Gasteiger partial charge on any atom is -0.329 e. The number of amides is 1. The Labute approximate surface area is 185 Å². The van der Waals surface area contributed by atoms with Crippen molar-refractivity contribution < 1.29 is 22.6 Å². The number of halogens is 4. The lowest BCUT2D eigenvalue weighted by Crippen LogP contribution is -2.21. The van der Waals surface area contributed by atoms with Gasteiger partial charge in [0.25, 0.3) is 11.5 Å². The number of carbonyl (C=O) groups excluding carboxylic acids is 1. The zero-order valence-corrected chi connectivity index (χ0v) is 16.9. The van der Waals surface area contributed by atoms with Gasteiger partial charge in [-0.3, -0.25) is 9.59 Å². The van der Waals surface area contributed by atoms with Gasteiger partial charge < -0.3 is 10.3 Å². The lowest BCUT2D eigenvalue weighted by Gasteiger charge is -2.14. The average Bonchev–Trinajstić information content (AvgIpc) is 3.41. The van der Waals surface area contributed by atoms with E-state index < -0.39 is 28.9 Å². The summed E-state index contributed by atoms with van der Waals surface area (Å²) >= 11 is 6.05. The van der Waals surface area contributed by atoms with Crippen LogP contribution >= 0.6 is 11.6 Å². The molecule has 0 fully saturated rings. The number of anilines is 1. The van der Waals surface area contributed by atoms with Crippen LogP contribution in [0.3, 0.4) is 0 Å². The highest BCUT2D eigenvalue weighted by molar-refractivity contribution is 6.35. The Bertz CT molecular complexity index is 1600. The summed E-state index contributed by atoms with van der Waals surface area (Å²) in [5, 5.41) is 13.9. The fourth-order valence-corrected chi connectivity index (χ4v) is 3.73. The minimum absolute atomic E-state index is 0.0110. The Morgan fingerprint density at radius 1 is 1.15 bits per heavy atom. The van der Waals surface area contributed by atoms with E-state index in [1.807, 2.05) is 0 Å². The third kappa shape index (κ3) is 3.49. The molecule has 0 saturated heterocycles. The summed E-state index contributed by atoms with van der Waals surface area (Å²) in [6, 6.07) is 8.39. The predicted octanol–water partition coefficient (Wildman–Crippen LogP) is 4.17. The van der Waals surface area contributed by atoms with Gasteiger partial charge in [-0.15, -0.1) is 0 Å². The van der Waals surface area contributed by atoms with Crippen molar-refractivity contribution in [1.29, 1.82) is 0 Å². The van der Waals surface area contributed by atoms with E-state index in [0.29, 0.717) is 4.68 Å². The average molecular weight is 475 g/mol. The molecule has 3 heterocycles. The van der Waals surface area contributed by atoms with Crippen LogP contribution in [0.15, 0.2) is 58.2 Å². The topological polar surface area (TPSA) is 119 Å². The van der Waals surface area contributed by atoms with Crippen LogP contribution in [0.2, 0.25) is 5.02 Å². The van der Waals surface area contributed by atoms with E-state index in [1.165, 1.54) is 42.6 Å². The first kappa shape index (κ1) is 20.7. The van der Waals surface area contributed by atoms with Crippen molar-refractivity contribution in [2.75, 3.05) is 5.32 Å². The van der Waals surface area contributed by atoms with E-state index in [-0.39, 0.29) is 38.2 Å². The number of nitrogens with zero attached hydrogens (tertiary/aromatic N) is 4. The molecular formula is C20H10ClF3N6O3. The Kier molecular flexibility index (Phi) is 4.67. The first-order valence-corrected chi connectivity index (χ1v) is 9.61. The van der Waals surface area contributed by atoms with Gasteiger partial charge in [-0.1, -0.05) is 17.7 Å². The normalized spacial score (nSPS) is 11.9. The molecule has 13 heteroatoms. The molecule has 166 valence electrons. The number of benzene rings is 2. The second-order valence-corrected chi connectivity index (χ2v) is 7.31. The molecule has 0 aliphatic carbocycles. The number of carbonyl (C=O) groups is 1. The number of alkyl halides is 3. The van der Waals surface area contributed by atoms with Gasteiger partial charge in [-0.05, 0) is 40.6 Å². The lowest BCUT2D eigenvalue weighted by atomic mass is 10.1. The van der Waals surface area contributed by atoms with Crippen LogP contribution in [0.25, 0.3) is 27.5 Å². The quantitative estimate of drug-likeness (QED) is 0.405. The zero-order valence-electron chi connectivity index (χ0n) is 16.1. The smallest absolute Gasteiger partial charge is 0.329 e. The molecule has 9 nitrogen and oxygen atoms in total. The first-order valence-electron chi connectivity index (χ1n) is 9.23. The fourth-order valence-electron chi connectivity index (χ4n) is 3.48. The molecule has 0 unspecified atom stereocenters. The Morgan fingerprint density at radius 3 is 2.76 bits per heavy atom. The molecule has 2 aromatic carbocycles. The molecule has 33 heavy (non-hydrogen) atoms. The van der Waals surface area contributed by atoms with Crippen LogP contribution in [-0.4, -0.2) is 31.0 Å². The zero-order chi connectivity index (χ0) is 23.3. The second kappa shape index (κ2) is 7.45. The van der Waals surface area contributed by atoms with Gasteiger partial charge in [0.05, 0.1) is 22.5 Å². The third-order valence-corrected chi connectivity index (χ3v) is 5.16. The van der Waals surface area contributed by atoms with Crippen molar-refractivity contribution in [3.8, 4) is 5.69 Å². The molecule has 0 spiro atoms. The molecule has 0 atom stereocenters. The van der Waals surface area contributed by atoms with Crippen LogP contribution < -0.4 is 10.9 Å². The van der Waals surface area contributed by atoms with Crippen molar-refractivity contribution in [3.63, 3.8) is 0 Å². The minimum atomic E-state index is -4.94. The van der Waals surface area contributed by atoms with Crippen LogP contribution in [0.4, 0.5) is 18.9 Å². The maximum absolute atomic E-state index is 14.1. The number of rotatable bonds is 3. The molecular weight excluding hydrogens is 465 g/mol. The highest BCUT2D eigenvalue weighted by Gasteiger charge is 2.41. The summed E-state index contributed by atoms with van der Waals surface area (Å²) in [6.45, 7) is 0. The Morgan fingerprint density at radius 2 is 1.97 bits per heavy atom. The summed E-state index contributed by atoms with van der Waals surface area (Å²) in [5.74, 6) is -1.07. The van der Waals surface area contributed by atoms with Gasteiger partial charge in [0.1, 0.15) is 5.52 Å². The number of hydrogen-bond acceptors (Lipinski definition) is 6. The summed E-state index contributed by atoms with van der Waals surface area (Å²) in [5.41, 5.74) is -1.96. The van der Waals surface area contributed by atoms with E-state index in [9.17, 15) is 22.8 Å². The molecule has 1 amide bonds. The van der Waals surface area contributed by atoms with Crippen molar-refractivity contribution >= 4 is 45.0 Å². The number of H-pyrrole nitrogens is 1. The van der Waals surface area contributed by atoms with Crippen LogP contribution in [-0.2, 0) is 6.18 Å². The Hall–Kier alpha value is -4.19. The molecule has 0 bridgehead atoms. The highest BCUT2D eigenvalue weighted by Crippen LogP contribution is 2.35. The number of fused-ring (bicyclic) bond motifs is 2. The summed E-state index contributed by atoms with van der Waals surface area (Å²) in [6.07, 6.45) is -2.82. The van der Waals surface area contributed by atoms with Gasteiger partial charge in [0.2, 0.25) is 0 Å². The molecule has 0 saturated carbocycles. The van der Waals surface area contributed by atoms with E-state index in [0.717, 1.165) is 6.20 Å². The van der Waals surface area contributed by atoms with Crippen molar-refractivity contribution in [3.05, 3.63) is 75.4 Å². The SMILES string of the molecule is O=C(Nc1cc(Cl)c2nonc2c1)c1cnn(-c2cccc3c(=O)[nH]ccc23)c1C(F)(F)F. The largest absolute Gasteiger partial charge is 0.434 e. The van der Waals surface area contributed by atoms with Crippen molar-refractivity contribution in [1.82, 2.24) is 25.1 Å². The number of aromatic nitrogens is 5. The molecule has 0 aliphatic heterocycles. The van der Waals surface area contributed by atoms with Gasteiger partial charge in [0, 0.05) is 22.7 Å². The van der Waals surface area contributed by atoms with E-state index in [4.69, 9.17) is 11.6 Å². The third-order valence-electron chi connectivity index (χ3n) is 4.88. The number of nitrogens with one attached hydrogen (secondary N) is 2. The molecule has 5 rings (SSSR count). The van der Waals surface area contributed by atoms with Crippen molar-refractivity contribution in [2.24, 2.45) is 0 Å². The van der Waals surface area contributed by atoms with Gasteiger partial charge in [-0.25, -0.2) is 9.31 Å². The van der Waals surface area contributed by atoms with Crippen LogP contribution in [0, 0.1) is 0 Å². The van der Waals surface area contributed by atoms with Gasteiger partial charge >= 0.3 is 6.18 Å². The molecule has 0 aliphatic rings. The summed E-state index contributed by atoms with van der Waals surface area (Å²) in [7, 11) is 0. The van der Waals surface area contributed by atoms with Gasteiger partial charge in [-0.2, -0.15) is 18.3 Å². The van der Waals surface area contributed by atoms with E-state index in [2.05, 4.69) is 30.3 Å². The highest BCUT2D eigenvalue weighted by atomic mass is 35.5. The molecule has 5 aromatic rings. The number of hydrogen-bond donors (Lipinski definition) is 2. The lowest BCUT2D eigenvalue weighted by molar-refractivity contribution is -0.143. The van der Waals surface area contributed by atoms with E-state index >= 15 is 0 Å². The maximum atomic E-state index is 14.1. The number of aromatic amines is 1. The predicted molar refractivity (Wildman–Crippen MR) is 111 cm³/mol. The standard InChI is InChI=1S/C20H10ClF3N6O3/c21-13-6-9(7-14-16(13)29-33-28-14)27-19(32)12-8-26-30(17(12)20(22,23)24)15-3-1-2-11-10(15)4-5-25-18(11)31/h1-8H,(H,25,31)(H,27,32). The number of pyridine rings is 1. The van der Waals surface area contributed by atoms with Crippen molar-refractivity contribution in [2.45, 2.75) is 6.18 Å². The maximum Gasteiger partial charge on any atom is 0.434 e. The molecule has 0 radical (unpaired) electrons.